The Labute approximate surface area is 121 Å². The van der Waals surface area contributed by atoms with Crippen molar-refractivity contribution in [2.24, 2.45) is 0 Å². The third kappa shape index (κ3) is 4.58. The summed E-state index contributed by atoms with van der Waals surface area (Å²) < 4.78 is 29.1. The number of rotatable bonds is 7. The highest BCUT2D eigenvalue weighted by Gasteiger charge is 2.10. The van der Waals surface area contributed by atoms with Crippen molar-refractivity contribution >= 4 is 11.3 Å². The van der Waals surface area contributed by atoms with Crippen LogP contribution < -0.4 is 10.1 Å². The summed E-state index contributed by atoms with van der Waals surface area (Å²) in [7, 11) is 0. The molecule has 0 bridgehead atoms. The molecule has 20 heavy (non-hydrogen) atoms. The van der Waals surface area contributed by atoms with Crippen LogP contribution in [0.3, 0.4) is 0 Å². The van der Waals surface area contributed by atoms with Gasteiger partial charge >= 0.3 is 6.61 Å². The summed E-state index contributed by atoms with van der Waals surface area (Å²) in [5.74, 6) is 0.235. The van der Waals surface area contributed by atoms with E-state index in [0.717, 1.165) is 12.0 Å². The topological polar surface area (TPSA) is 21.3 Å². The van der Waals surface area contributed by atoms with Gasteiger partial charge in [-0.3, -0.25) is 0 Å². The molecule has 2 rings (SSSR count). The van der Waals surface area contributed by atoms with Crippen molar-refractivity contribution in [3.8, 4) is 5.75 Å². The summed E-state index contributed by atoms with van der Waals surface area (Å²) in [6.45, 7) is -0.203. The zero-order chi connectivity index (χ0) is 14.4. The van der Waals surface area contributed by atoms with E-state index in [1.165, 1.54) is 4.88 Å². The number of alkyl halides is 2. The lowest BCUT2D eigenvalue weighted by molar-refractivity contribution is -0.0505. The molecular weight excluding hydrogens is 280 g/mol. The molecule has 1 aromatic carbocycles. The van der Waals surface area contributed by atoms with Crippen LogP contribution in [-0.2, 0) is 13.0 Å². The van der Waals surface area contributed by atoms with E-state index in [2.05, 4.69) is 23.0 Å². The number of ether oxygens (including phenoxy) is 1. The van der Waals surface area contributed by atoms with E-state index in [9.17, 15) is 8.78 Å². The minimum atomic E-state index is -2.79. The van der Waals surface area contributed by atoms with E-state index in [0.29, 0.717) is 6.54 Å². The fraction of sp³-hybridized carbons (Fsp3) is 0.333. The van der Waals surface area contributed by atoms with Crippen LogP contribution in [0.15, 0.2) is 41.8 Å². The monoisotopic (exact) mass is 297 g/mol. The third-order valence-corrected chi connectivity index (χ3v) is 3.82. The van der Waals surface area contributed by atoms with Gasteiger partial charge in [0.05, 0.1) is 0 Å². The van der Waals surface area contributed by atoms with Crippen molar-refractivity contribution in [1.29, 1.82) is 0 Å². The lowest BCUT2D eigenvalue weighted by Gasteiger charge is -2.15. The predicted molar refractivity (Wildman–Crippen MR) is 77.4 cm³/mol. The molecule has 0 aliphatic carbocycles. The molecule has 0 amide bonds. The van der Waals surface area contributed by atoms with Gasteiger partial charge in [-0.1, -0.05) is 24.3 Å². The van der Waals surface area contributed by atoms with E-state index in [1.807, 2.05) is 17.5 Å². The summed E-state index contributed by atoms with van der Waals surface area (Å²) in [5, 5.41) is 5.38. The van der Waals surface area contributed by atoms with E-state index in [-0.39, 0.29) is 11.8 Å². The first-order chi connectivity index (χ1) is 9.65. The normalized spacial score (nSPS) is 12.6. The smallest absolute Gasteiger partial charge is 0.387 e. The molecule has 2 aromatic rings. The van der Waals surface area contributed by atoms with Gasteiger partial charge in [-0.25, -0.2) is 0 Å². The summed E-state index contributed by atoms with van der Waals surface area (Å²) >= 11 is 1.72. The molecule has 0 aliphatic heterocycles. The van der Waals surface area contributed by atoms with Crippen LogP contribution in [-0.4, -0.2) is 12.7 Å². The average molecular weight is 297 g/mol. The summed E-state index contributed by atoms with van der Waals surface area (Å²) in [6, 6.07) is 11.3. The Bertz CT molecular complexity index is 516. The van der Waals surface area contributed by atoms with Crippen molar-refractivity contribution < 1.29 is 13.5 Å². The molecule has 0 radical (unpaired) electrons. The predicted octanol–water partition coefficient (Wildman–Crippen LogP) is 4.07. The van der Waals surface area contributed by atoms with Crippen LogP contribution in [0.1, 0.15) is 17.4 Å². The molecular formula is C15H17F2NOS. The second-order valence-corrected chi connectivity index (χ2v) is 5.58. The van der Waals surface area contributed by atoms with Gasteiger partial charge in [0.2, 0.25) is 0 Å². The molecule has 1 aromatic heterocycles. The Hall–Kier alpha value is -1.46. The van der Waals surface area contributed by atoms with Crippen LogP contribution in [0.25, 0.3) is 0 Å². The number of nitrogens with one attached hydrogen (secondary N) is 1. The van der Waals surface area contributed by atoms with Gasteiger partial charge in [-0.15, -0.1) is 11.3 Å². The minimum Gasteiger partial charge on any atom is -0.434 e. The minimum absolute atomic E-state index is 0.235. The Morgan fingerprint density at radius 3 is 2.70 bits per heavy atom. The molecule has 1 atom stereocenters. The van der Waals surface area contributed by atoms with Crippen molar-refractivity contribution in [1.82, 2.24) is 5.32 Å². The van der Waals surface area contributed by atoms with E-state index in [4.69, 9.17) is 0 Å². The van der Waals surface area contributed by atoms with Crippen molar-refractivity contribution in [2.75, 3.05) is 0 Å². The van der Waals surface area contributed by atoms with Crippen LogP contribution >= 0.6 is 11.3 Å². The molecule has 0 fully saturated rings. The number of thiophene rings is 1. The SMILES string of the molecule is CC(Cc1cccs1)NCc1ccccc1OC(F)F. The van der Waals surface area contributed by atoms with Gasteiger partial charge in [0.1, 0.15) is 5.75 Å². The summed E-state index contributed by atoms with van der Waals surface area (Å²) in [4.78, 5) is 1.31. The van der Waals surface area contributed by atoms with Crippen molar-refractivity contribution in [2.45, 2.75) is 32.5 Å². The maximum Gasteiger partial charge on any atom is 0.387 e. The highest BCUT2D eigenvalue weighted by atomic mass is 32.1. The molecule has 0 saturated heterocycles. The van der Waals surface area contributed by atoms with Crippen LogP contribution in [0.5, 0.6) is 5.75 Å². The van der Waals surface area contributed by atoms with E-state index in [1.54, 1.807) is 29.5 Å². The fourth-order valence-corrected chi connectivity index (χ4v) is 2.78. The molecule has 1 heterocycles. The number of benzene rings is 1. The summed E-state index contributed by atoms with van der Waals surface area (Å²) in [6.07, 6.45) is 0.926. The third-order valence-electron chi connectivity index (χ3n) is 2.92. The number of hydrogen-bond acceptors (Lipinski definition) is 3. The van der Waals surface area contributed by atoms with Gasteiger partial charge < -0.3 is 10.1 Å². The number of halogens is 2. The highest BCUT2D eigenvalue weighted by Crippen LogP contribution is 2.20. The highest BCUT2D eigenvalue weighted by molar-refractivity contribution is 7.09. The maximum absolute atomic E-state index is 12.3. The Balaban J connectivity index is 1.90. The zero-order valence-corrected chi connectivity index (χ0v) is 12.0. The Morgan fingerprint density at radius 2 is 2.00 bits per heavy atom. The average Bonchev–Trinajstić information content (AvgIpc) is 2.90. The largest absolute Gasteiger partial charge is 0.434 e. The van der Waals surface area contributed by atoms with Crippen LogP contribution in [0, 0.1) is 0 Å². The van der Waals surface area contributed by atoms with E-state index < -0.39 is 6.61 Å². The van der Waals surface area contributed by atoms with Gasteiger partial charge in [0.15, 0.2) is 0 Å². The lowest BCUT2D eigenvalue weighted by Crippen LogP contribution is -2.27. The van der Waals surface area contributed by atoms with Crippen LogP contribution in [0.2, 0.25) is 0 Å². The zero-order valence-electron chi connectivity index (χ0n) is 11.2. The molecule has 1 unspecified atom stereocenters. The number of para-hydroxylation sites is 1. The molecule has 5 heteroatoms. The molecule has 0 saturated carbocycles. The van der Waals surface area contributed by atoms with Gasteiger partial charge in [0, 0.05) is 23.0 Å². The van der Waals surface area contributed by atoms with E-state index >= 15 is 0 Å². The fourth-order valence-electron chi connectivity index (χ4n) is 1.95. The van der Waals surface area contributed by atoms with Gasteiger partial charge in [-0.2, -0.15) is 8.78 Å². The van der Waals surface area contributed by atoms with Crippen molar-refractivity contribution in [3.63, 3.8) is 0 Å². The second-order valence-electron chi connectivity index (χ2n) is 4.55. The molecule has 2 nitrogen and oxygen atoms in total. The quantitative estimate of drug-likeness (QED) is 0.832. The molecule has 0 aliphatic rings. The first-order valence-corrected chi connectivity index (χ1v) is 7.31. The second kappa shape index (κ2) is 7.36. The first-order valence-electron chi connectivity index (χ1n) is 6.43. The van der Waals surface area contributed by atoms with Gasteiger partial charge in [0.25, 0.3) is 0 Å². The van der Waals surface area contributed by atoms with Crippen molar-refractivity contribution in [3.05, 3.63) is 52.2 Å². The van der Waals surface area contributed by atoms with Crippen LogP contribution in [0.4, 0.5) is 8.78 Å². The Kier molecular flexibility index (Phi) is 5.49. The Morgan fingerprint density at radius 1 is 1.20 bits per heavy atom. The molecule has 0 spiro atoms. The molecule has 108 valence electrons. The standard InChI is InChI=1S/C15H17F2NOS/c1-11(9-13-6-4-8-20-13)18-10-12-5-2-3-7-14(12)19-15(16)17/h2-8,11,15,18H,9-10H2,1H3. The maximum atomic E-state index is 12.3. The summed E-state index contributed by atoms with van der Waals surface area (Å²) in [5.41, 5.74) is 0.742. The lowest BCUT2D eigenvalue weighted by atomic mass is 10.1. The number of hydrogen-bond donors (Lipinski definition) is 1. The molecule has 1 N–H and O–H groups in total. The first kappa shape index (κ1) is 14.9. The van der Waals surface area contributed by atoms with Gasteiger partial charge in [-0.05, 0) is 30.9 Å².